The molecule has 0 aliphatic heterocycles. The van der Waals surface area contributed by atoms with Crippen molar-refractivity contribution in [2.45, 2.75) is 33.2 Å². The van der Waals surface area contributed by atoms with Gasteiger partial charge in [0.25, 0.3) is 0 Å². The van der Waals surface area contributed by atoms with Gasteiger partial charge >= 0.3 is 0 Å². The maximum Gasteiger partial charge on any atom is 0.243 e. The van der Waals surface area contributed by atoms with Gasteiger partial charge in [-0.15, -0.1) is 0 Å². The second kappa shape index (κ2) is 4.21. The maximum absolute atomic E-state index is 5.00. The lowest BCUT2D eigenvalue weighted by Gasteiger charge is -2.06. The number of rotatable bonds is 4. The van der Waals surface area contributed by atoms with Gasteiger partial charge in [0.05, 0.1) is 6.04 Å². The molecule has 4 heteroatoms. The molecule has 0 bridgehead atoms. The second-order valence-corrected chi connectivity index (χ2v) is 2.86. The van der Waals surface area contributed by atoms with Crippen LogP contribution >= 0.6 is 0 Å². The molecule has 0 saturated carbocycles. The molecule has 1 rings (SSSR count). The number of aryl methyl sites for hydroxylation is 1. The topological polar surface area (TPSA) is 51.0 Å². The van der Waals surface area contributed by atoms with E-state index in [4.69, 9.17) is 4.52 Å². The van der Waals surface area contributed by atoms with E-state index < -0.39 is 0 Å². The third-order valence-corrected chi connectivity index (χ3v) is 1.61. The highest BCUT2D eigenvalue weighted by atomic mass is 16.5. The van der Waals surface area contributed by atoms with Gasteiger partial charge in [-0.2, -0.15) is 4.98 Å². The molecular weight excluding hydrogens is 154 g/mol. The summed E-state index contributed by atoms with van der Waals surface area (Å²) in [4.78, 5) is 4.12. The average molecular weight is 169 g/mol. The van der Waals surface area contributed by atoms with Crippen LogP contribution in [0.4, 0.5) is 0 Å². The van der Waals surface area contributed by atoms with Crippen LogP contribution in [-0.2, 0) is 0 Å². The Bertz CT molecular complexity index is 234. The minimum atomic E-state index is 0.158. The van der Waals surface area contributed by atoms with Gasteiger partial charge in [0.1, 0.15) is 0 Å². The van der Waals surface area contributed by atoms with Gasteiger partial charge in [-0.3, -0.25) is 0 Å². The molecule has 1 heterocycles. The molecule has 0 saturated heterocycles. The Morgan fingerprint density at radius 1 is 1.58 bits per heavy atom. The predicted octanol–water partition coefficient (Wildman–Crippen LogP) is 1.44. The van der Waals surface area contributed by atoms with Crippen LogP contribution in [0.2, 0.25) is 0 Å². The third kappa shape index (κ3) is 2.30. The van der Waals surface area contributed by atoms with Crippen LogP contribution in [0.1, 0.15) is 38.0 Å². The Balaban J connectivity index is 2.47. The monoisotopic (exact) mass is 169 g/mol. The summed E-state index contributed by atoms with van der Waals surface area (Å²) in [6.45, 7) is 6.93. The summed E-state index contributed by atoms with van der Waals surface area (Å²) in [5, 5.41) is 6.99. The van der Waals surface area contributed by atoms with Crippen molar-refractivity contribution < 1.29 is 4.52 Å². The highest BCUT2D eigenvalue weighted by Gasteiger charge is 2.10. The summed E-state index contributed by atoms with van der Waals surface area (Å²) in [5.41, 5.74) is 0. The van der Waals surface area contributed by atoms with Crippen LogP contribution < -0.4 is 5.32 Å². The molecule has 1 aromatic heterocycles. The fraction of sp³-hybridized carbons (Fsp3) is 0.750. The van der Waals surface area contributed by atoms with Crippen molar-refractivity contribution in [2.24, 2.45) is 0 Å². The van der Waals surface area contributed by atoms with Crippen LogP contribution in [0.15, 0.2) is 4.52 Å². The van der Waals surface area contributed by atoms with E-state index in [0.717, 1.165) is 13.0 Å². The van der Waals surface area contributed by atoms with Crippen molar-refractivity contribution in [1.29, 1.82) is 0 Å². The van der Waals surface area contributed by atoms with E-state index in [1.165, 1.54) is 0 Å². The lowest BCUT2D eigenvalue weighted by molar-refractivity contribution is 0.337. The van der Waals surface area contributed by atoms with Gasteiger partial charge in [-0.05, 0) is 26.8 Å². The fourth-order valence-corrected chi connectivity index (χ4v) is 0.937. The van der Waals surface area contributed by atoms with Crippen LogP contribution in [0.5, 0.6) is 0 Å². The van der Waals surface area contributed by atoms with E-state index in [0.29, 0.717) is 11.7 Å². The van der Waals surface area contributed by atoms with Crippen molar-refractivity contribution >= 4 is 0 Å². The minimum absolute atomic E-state index is 0.158. The summed E-state index contributed by atoms with van der Waals surface area (Å²) < 4.78 is 5.00. The molecule has 12 heavy (non-hydrogen) atoms. The van der Waals surface area contributed by atoms with E-state index in [2.05, 4.69) is 22.4 Å². The second-order valence-electron chi connectivity index (χ2n) is 2.86. The zero-order chi connectivity index (χ0) is 8.97. The average Bonchev–Trinajstić information content (AvgIpc) is 2.47. The van der Waals surface area contributed by atoms with Gasteiger partial charge in [0.15, 0.2) is 5.82 Å². The molecule has 4 nitrogen and oxygen atoms in total. The highest BCUT2D eigenvalue weighted by molar-refractivity contribution is 4.88. The van der Waals surface area contributed by atoms with Crippen LogP contribution in [0.3, 0.4) is 0 Å². The molecule has 1 atom stereocenters. The summed E-state index contributed by atoms with van der Waals surface area (Å²) in [7, 11) is 0. The third-order valence-electron chi connectivity index (χ3n) is 1.61. The largest absolute Gasteiger partial charge is 0.338 e. The smallest absolute Gasteiger partial charge is 0.243 e. The Hall–Kier alpha value is -0.900. The quantitative estimate of drug-likeness (QED) is 0.741. The molecule has 0 aliphatic carbocycles. The van der Waals surface area contributed by atoms with Gasteiger partial charge in [0.2, 0.25) is 5.89 Å². The van der Waals surface area contributed by atoms with Crippen molar-refractivity contribution in [2.75, 3.05) is 6.54 Å². The Labute approximate surface area is 72.4 Å². The van der Waals surface area contributed by atoms with Gasteiger partial charge in [-0.25, -0.2) is 0 Å². The van der Waals surface area contributed by atoms with Crippen molar-refractivity contribution in [1.82, 2.24) is 15.5 Å². The SMILES string of the molecule is CCCNC(C)c1nc(C)no1. The molecule has 0 aliphatic rings. The normalized spacial score (nSPS) is 13.2. The Kier molecular flexibility index (Phi) is 3.22. The van der Waals surface area contributed by atoms with E-state index >= 15 is 0 Å². The first-order valence-electron chi connectivity index (χ1n) is 4.27. The van der Waals surface area contributed by atoms with Gasteiger partial charge < -0.3 is 9.84 Å². The zero-order valence-electron chi connectivity index (χ0n) is 7.79. The highest BCUT2D eigenvalue weighted by Crippen LogP contribution is 2.08. The molecule has 1 aromatic rings. The molecular formula is C8H15N3O. The molecule has 0 spiro atoms. The molecule has 0 aromatic carbocycles. The van der Waals surface area contributed by atoms with Crippen molar-refractivity contribution in [3.8, 4) is 0 Å². The first-order valence-corrected chi connectivity index (χ1v) is 4.27. The zero-order valence-corrected chi connectivity index (χ0v) is 7.79. The van der Waals surface area contributed by atoms with Crippen molar-refractivity contribution in [3.05, 3.63) is 11.7 Å². The molecule has 1 N–H and O–H groups in total. The summed E-state index contributed by atoms with van der Waals surface area (Å²) in [6.07, 6.45) is 1.11. The number of nitrogens with one attached hydrogen (secondary N) is 1. The van der Waals surface area contributed by atoms with Crippen LogP contribution in [0, 0.1) is 6.92 Å². The minimum Gasteiger partial charge on any atom is -0.338 e. The predicted molar refractivity (Wildman–Crippen MR) is 45.7 cm³/mol. The molecule has 0 amide bonds. The molecule has 1 unspecified atom stereocenters. The van der Waals surface area contributed by atoms with Gasteiger partial charge in [-0.1, -0.05) is 12.1 Å². The van der Waals surface area contributed by atoms with E-state index in [-0.39, 0.29) is 6.04 Å². The maximum atomic E-state index is 5.00. The Morgan fingerprint density at radius 3 is 2.83 bits per heavy atom. The lowest BCUT2D eigenvalue weighted by Crippen LogP contribution is -2.19. The number of hydrogen-bond donors (Lipinski definition) is 1. The van der Waals surface area contributed by atoms with Crippen molar-refractivity contribution in [3.63, 3.8) is 0 Å². The standard InChI is InChI=1S/C8H15N3O/c1-4-5-9-6(2)8-10-7(3)11-12-8/h6,9H,4-5H2,1-3H3. The van der Waals surface area contributed by atoms with Crippen LogP contribution in [0.25, 0.3) is 0 Å². The van der Waals surface area contributed by atoms with Gasteiger partial charge in [0, 0.05) is 0 Å². The van der Waals surface area contributed by atoms with E-state index in [1.54, 1.807) is 0 Å². The van der Waals surface area contributed by atoms with Crippen LogP contribution in [-0.4, -0.2) is 16.7 Å². The first-order chi connectivity index (χ1) is 5.74. The number of hydrogen-bond acceptors (Lipinski definition) is 4. The Morgan fingerprint density at radius 2 is 2.33 bits per heavy atom. The fourth-order valence-electron chi connectivity index (χ4n) is 0.937. The van der Waals surface area contributed by atoms with E-state index in [9.17, 15) is 0 Å². The molecule has 0 radical (unpaired) electrons. The first kappa shape index (κ1) is 9.19. The summed E-state index contributed by atoms with van der Waals surface area (Å²) in [6, 6.07) is 0.158. The molecule has 0 fully saturated rings. The van der Waals surface area contributed by atoms with E-state index in [1.807, 2.05) is 13.8 Å². The summed E-state index contributed by atoms with van der Waals surface area (Å²) in [5.74, 6) is 1.36. The molecule has 68 valence electrons. The lowest BCUT2D eigenvalue weighted by atomic mass is 10.3. The number of aromatic nitrogens is 2. The number of nitrogens with zero attached hydrogens (tertiary/aromatic N) is 2. The summed E-state index contributed by atoms with van der Waals surface area (Å²) >= 11 is 0.